The fraction of sp³-hybridized carbons (Fsp3) is 0.455. The van der Waals surface area contributed by atoms with E-state index in [0.29, 0.717) is 32.0 Å². The van der Waals surface area contributed by atoms with Gasteiger partial charge in [-0.3, -0.25) is 9.69 Å². The van der Waals surface area contributed by atoms with E-state index in [1.165, 1.54) is 6.07 Å². The maximum absolute atomic E-state index is 12.8. The molecule has 162 valence electrons. The van der Waals surface area contributed by atoms with E-state index in [2.05, 4.69) is 15.2 Å². The molecule has 1 saturated heterocycles. The summed E-state index contributed by atoms with van der Waals surface area (Å²) in [5, 5.41) is 3.05. The standard InChI is InChI=1S/C22H27F3N4O/c1-14-11-15(2)20(16(3)12-14)27-21(30)17(4)28-7-9-29(10-8-28)19-6-5-18(13-26-19)22(23,24)25/h5-6,11-13,17H,7-10H2,1-4H3,(H,27,30)/t17-/m0/s1. The first-order valence-corrected chi connectivity index (χ1v) is 9.97. The Kier molecular flexibility index (Phi) is 6.36. The van der Waals surface area contributed by atoms with Crippen molar-refractivity contribution in [2.24, 2.45) is 0 Å². The van der Waals surface area contributed by atoms with Crippen LogP contribution in [-0.2, 0) is 11.0 Å². The zero-order valence-electron chi connectivity index (χ0n) is 17.7. The average Bonchev–Trinajstić information content (AvgIpc) is 2.69. The average molecular weight is 420 g/mol. The Morgan fingerprint density at radius 2 is 1.67 bits per heavy atom. The SMILES string of the molecule is Cc1cc(C)c(NC(=O)[C@H](C)N2CCN(c3ccc(C(F)(F)F)cn3)CC2)c(C)c1. The van der Waals surface area contributed by atoms with Gasteiger partial charge < -0.3 is 10.2 Å². The highest BCUT2D eigenvalue weighted by atomic mass is 19.4. The summed E-state index contributed by atoms with van der Waals surface area (Å²) in [6.45, 7) is 10.3. The number of aromatic nitrogens is 1. The van der Waals surface area contributed by atoms with Gasteiger partial charge in [-0.1, -0.05) is 17.7 Å². The van der Waals surface area contributed by atoms with E-state index in [9.17, 15) is 18.0 Å². The summed E-state index contributed by atoms with van der Waals surface area (Å²) in [6.07, 6.45) is -3.52. The molecule has 1 N–H and O–H groups in total. The van der Waals surface area contributed by atoms with Gasteiger partial charge in [-0.05, 0) is 51.0 Å². The second kappa shape index (κ2) is 8.63. The van der Waals surface area contributed by atoms with Crippen molar-refractivity contribution in [2.45, 2.75) is 39.9 Å². The minimum Gasteiger partial charge on any atom is -0.354 e. The number of nitrogens with one attached hydrogen (secondary N) is 1. The van der Waals surface area contributed by atoms with Gasteiger partial charge in [0, 0.05) is 38.1 Å². The summed E-state index contributed by atoms with van der Waals surface area (Å²) in [5.74, 6) is 0.455. The summed E-state index contributed by atoms with van der Waals surface area (Å²) < 4.78 is 38.1. The lowest BCUT2D eigenvalue weighted by atomic mass is 10.0. The molecular weight excluding hydrogens is 393 g/mol. The number of benzene rings is 1. The van der Waals surface area contributed by atoms with Gasteiger partial charge in [-0.2, -0.15) is 13.2 Å². The number of anilines is 2. The van der Waals surface area contributed by atoms with Gasteiger partial charge in [0.15, 0.2) is 0 Å². The van der Waals surface area contributed by atoms with Crippen molar-refractivity contribution < 1.29 is 18.0 Å². The monoisotopic (exact) mass is 420 g/mol. The molecule has 1 atom stereocenters. The third-order valence-electron chi connectivity index (χ3n) is 5.57. The Morgan fingerprint density at radius 3 is 2.17 bits per heavy atom. The highest BCUT2D eigenvalue weighted by Crippen LogP contribution is 2.29. The first-order valence-electron chi connectivity index (χ1n) is 9.97. The molecule has 30 heavy (non-hydrogen) atoms. The van der Waals surface area contributed by atoms with Crippen LogP contribution in [0.1, 0.15) is 29.2 Å². The number of aryl methyl sites for hydroxylation is 3. The summed E-state index contributed by atoms with van der Waals surface area (Å²) >= 11 is 0. The molecule has 0 spiro atoms. The van der Waals surface area contributed by atoms with Crippen LogP contribution >= 0.6 is 0 Å². The number of amides is 1. The van der Waals surface area contributed by atoms with E-state index in [4.69, 9.17) is 0 Å². The van der Waals surface area contributed by atoms with E-state index in [1.807, 2.05) is 44.7 Å². The number of carbonyl (C=O) groups excluding carboxylic acids is 1. The number of nitrogens with zero attached hydrogens (tertiary/aromatic N) is 3. The number of hydrogen-bond acceptors (Lipinski definition) is 4. The van der Waals surface area contributed by atoms with Gasteiger partial charge in [0.1, 0.15) is 5.82 Å². The predicted molar refractivity (Wildman–Crippen MR) is 112 cm³/mol. The van der Waals surface area contributed by atoms with Crippen molar-refractivity contribution in [3.63, 3.8) is 0 Å². The molecule has 1 amide bonds. The van der Waals surface area contributed by atoms with Crippen molar-refractivity contribution in [3.05, 3.63) is 52.7 Å². The molecule has 2 heterocycles. The van der Waals surface area contributed by atoms with E-state index in [0.717, 1.165) is 34.6 Å². The zero-order valence-corrected chi connectivity index (χ0v) is 17.7. The van der Waals surface area contributed by atoms with E-state index in [-0.39, 0.29) is 11.9 Å². The maximum Gasteiger partial charge on any atom is 0.417 e. The molecule has 0 bridgehead atoms. The van der Waals surface area contributed by atoms with Crippen LogP contribution in [0.2, 0.25) is 0 Å². The van der Waals surface area contributed by atoms with Crippen LogP contribution in [0, 0.1) is 20.8 Å². The lowest BCUT2D eigenvalue weighted by Gasteiger charge is -2.38. The van der Waals surface area contributed by atoms with Gasteiger partial charge >= 0.3 is 6.18 Å². The fourth-order valence-corrected chi connectivity index (χ4v) is 3.85. The van der Waals surface area contributed by atoms with E-state index in [1.54, 1.807) is 0 Å². The van der Waals surface area contributed by atoms with Crippen LogP contribution in [0.15, 0.2) is 30.5 Å². The number of rotatable bonds is 4. The molecule has 1 aliphatic heterocycles. The Labute approximate surface area is 174 Å². The largest absolute Gasteiger partial charge is 0.417 e. The van der Waals surface area contributed by atoms with Crippen molar-refractivity contribution in [1.82, 2.24) is 9.88 Å². The third-order valence-corrected chi connectivity index (χ3v) is 5.57. The van der Waals surface area contributed by atoms with Crippen LogP contribution in [0.25, 0.3) is 0 Å². The van der Waals surface area contributed by atoms with Crippen molar-refractivity contribution in [1.29, 1.82) is 0 Å². The lowest BCUT2D eigenvalue weighted by Crippen LogP contribution is -2.53. The lowest BCUT2D eigenvalue weighted by molar-refractivity contribution is -0.137. The molecule has 8 heteroatoms. The van der Waals surface area contributed by atoms with Crippen LogP contribution in [0.3, 0.4) is 0 Å². The Bertz CT molecular complexity index is 881. The summed E-state index contributed by atoms with van der Waals surface area (Å²) in [7, 11) is 0. The molecule has 0 saturated carbocycles. The van der Waals surface area contributed by atoms with E-state index >= 15 is 0 Å². The fourth-order valence-electron chi connectivity index (χ4n) is 3.85. The minimum atomic E-state index is -4.39. The molecule has 0 unspecified atom stereocenters. The number of alkyl halides is 3. The molecule has 0 aliphatic carbocycles. The molecule has 2 aromatic rings. The Balaban J connectivity index is 1.58. The smallest absolute Gasteiger partial charge is 0.354 e. The first kappa shape index (κ1) is 22.1. The normalized spacial score (nSPS) is 16.4. The molecule has 1 aliphatic rings. The molecule has 0 radical (unpaired) electrons. The molecule has 3 rings (SSSR count). The predicted octanol–water partition coefficient (Wildman–Crippen LogP) is 4.17. The van der Waals surface area contributed by atoms with Crippen LogP contribution in [-0.4, -0.2) is 48.0 Å². The quantitative estimate of drug-likeness (QED) is 0.807. The van der Waals surface area contributed by atoms with Crippen LogP contribution in [0.5, 0.6) is 0 Å². The van der Waals surface area contributed by atoms with Crippen LogP contribution in [0.4, 0.5) is 24.7 Å². The summed E-state index contributed by atoms with van der Waals surface area (Å²) in [6, 6.07) is 6.23. The number of piperazine rings is 1. The third kappa shape index (κ3) is 4.92. The molecule has 1 aromatic carbocycles. The number of carbonyl (C=O) groups is 1. The molecular formula is C22H27F3N4O. The molecule has 5 nitrogen and oxygen atoms in total. The van der Waals surface area contributed by atoms with Gasteiger partial charge in [0.05, 0.1) is 11.6 Å². The minimum absolute atomic E-state index is 0.0637. The zero-order chi connectivity index (χ0) is 22.1. The van der Waals surface area contributed by atoms with Gasteiger partial charge in [-0.15, -0.1) is 0 Å². The number of halogens is 3. The summed E-state index contributed by atoms with van der Waals surface area (Å²) in [5.41, 5.74) is 3.32. The topological polar surface area (TPSA) is 48.5 Å². The van der Waals surface area contributed by atoms with Gasteiger partial charge in [0.25, 0.3) is 0 Å². The number of hydrogen-bond donors (Lipinski definition) is 1. The summed E-state index contributed by atoms with van der Waals surface area (Å²) in [4.78, 5) is 20.8. The van der Waals surface area contributed by atoms with Crippen molar-refractivity contribution in [2.75, 3.05) is 36.4 Å². The molecule has 1 aromatic heterocycles. The van der Waals surface area contributed by atoms with Crippen LogP contribution < -0.4 is 10.2 Å². The molecule has 1 fully saturated rings. The second-order valence-electron chi connectivity index (χ2n) is 7.86. The van der Waals surface area contributed by atoms with Crippen molar-refractivity contribution >= 4 is 17.4 Å². The Morgan fingerprint density at radius 1 is 1.07 bits per heavy atom. The van der Waals surface area contributed by atoms with E-state index < -0.39 is 11.7 Å². The number of pyridine rings is 1. The second-order valence-corrected chi connectivity index (χ2v) is 7.86. The van der Waals surface area contributed by atoms with Crippen molar-refractivity contribution in [3.8, 4) is 0 Å². The maximum atomic E-state index is 12.8. The Hall–Kier alpha value is -2.61. The first-order chi connectivity index (χ1) is 14.1. The van der Waals surface area contributed by atoms with Gasteiger partial charge in [0.2, 0.25) is 5.91 Å². The van der Waals surface area contributed by atoms with Gasteiger partial charge in [-0.25, -0.2) is 4.98 Å². The highest BCUT2D eigenvalue weighted by Gasteiger charge is 2.31. The highest BCUT2D eigenvalue weighted by molar-refractivity contribution is 5.96.